The molecule has 1 saturated heterocycles. The van der Waals surface area contributed by atoms with E-state index in [2.05, 4.69) is 21.4 Å². The Morgan fingerprint density at radius 1 is 1.17 bits per heavy atom. The first-order valence-electron chi connectivity index (χ1n) is 13.5. The van der Waals surface area contributed by atoms with Gasteiger partial charge in [-0.25, -0.2) is 14.8 Å². The number of fused-ring (bicyclic) bond motifs is 1. The Morgan fingerprint density at radius 2 is 1.88 bits per heavy atom. The minimum Gasteiger partial charge on any atom is -0.457 e. The van der Waals surface area contributed by atoms with Gasteiger partial charge in [-0.2, -0.15) is 5.26 Å². The van der Waals surface area contributed by atoms with Crippen LogP contribution < -0.4 is 21.5 Å². The highest BCUT2D eigenvalue weighted by Gasteiger charge is 2.33. The normalized spacial score (nSPS) is 15.7. The van der Waals surface area contributed by atoms with E-state index in [1.807, 2.05) is 51.1 Å². The molecular weight excluding hydrogens is 520 g/mol. The fourth-order valence-corrected chi connectivity index (χ4v) is 5.24. The van der Waals surface area contributed by atoms with Crippen LogP contribution in [0.4, 0.5) is 5.82 Å². The van der Waals surface area contributed by atoms with Crippen LogP contribution >= 0.6 is 0 Å². The fraction of sp³-hybridized carbons (Fsp3) is 0.300. The van der Waals surface area contributed by atoms with E-state index in [9.17, 15) is 14.9 Å². The number of nitrogen functional groups attached to an aromatic ring is 1. The Balaban J connectivity index is 1.46. The number of hydrogen-bond acceptors (Lipinski definition) is 8. The average molecular weight is 553 g/mol. The molecule has 4 aromatic rings. The van der Waals surface area contributed by atoms with Gasteiger partial charge in [0.1, 0.15) is 35.0 Å². The Labute approximate surface area is 237 Å². The number of aromatic nitrogens is 4. The van der Waals surface area contributed by atoms with E-state index in [-0.39, 0.29) is 35.6 Å². The van der Waals surface area contributed by atoms with Crippen LogP contribution in [-0.4, -0.2) is 55.1 Å². The molecular formula is C30H32N8O3. The maximum Gasteiger partial charge on any atom is 0.335 e. The molecule has 3 N–H and O–H groups in total. The predicted molar refractivity (Wildman–Crippen MR) is 156 cm³/mol. The van der Waals surface area contributed by atoms with Gasteiger partial charge in [-0.15, -0.1) is 0 Å². The summed E-state index contributed by atoms with van der Waals surface area (Å²) in [7, 11) is 0. The smallest absolute Gasteiger partial charge is 0.335 e. The van der Waals surface area contributed by atoms with Crippen molar-refractivity contribution >= 4 is 22.9 Å². The minimum absolute atomic E-state index is 0.0655. The van der Waals surface area contributed by atoms with Crippen LogP contribution in [0.2, 0.25) is 0 Å². The summed E-state index contributed by atoms with van der Waals surface area (Å²) in [5, 5.41) is 13.0. The van der Waals surface area contributed by atoms with E-state index in [0.29, 0.717) is 47.9 Å². The molecule has 1 aliphatic rings. The first kappa shape index (κ1) is 27.6. The number of carbonyl (C=O) groups excluding carboxylic acids is 1. The van der Waals surface area contributed by atoms with Gasteiger partial charge in [-0.05, 0) is 69.3 Å². The highest BCUT2D eigenvalue weighted by molar-refractivity contribution is 5.97. The monoisotopic (exact) mass is 552 g/mol. The number of nitrogens with two attached hydrogens (primary N) is 1. The Hall–Kier alpha value is -4.95. The number of hydrogen-bond donors (Lipinski definition) is 2. The quantitative estimate of drug-likeness (QED) is 0.249. The molecule has 0 spiro atoms. The molecule has 3 heterocycles. The summed E-state index contributed by atoms with van der Waals surface area (Å²) < 4.78 is 8.96. The molecule has 0 unspecified atom stereocenters. The first-order valence-corrected chi connectivity index (χ1v) is 13.5. The molecule has 2 aromatic carbocycles. The van der Waals surface area contributed by atoms with Crippen LogP contribution in [0.1, 0.15) is 33.2 Å². The lowest BCUT2D eigenvalue weighted by Crippen LogP contribution is -2.39. The number of imidazole rings is 1. The number of carbonyl (C=O) groups is 1. The Kier molecular flexibility index (Phi) is 7.59. The molecule has 5 rings (SSSR count). The van der Waals surface area contributed by atoms with Crippen molar-refractivity contribution in [3.8, 4) is 23.3 Å². The van der Waals surface area contributed by atoms with Crippen molar-refractivity contribution in [1.29, 1.82) is 5.26 Å². The van der Waals surface area contributed by atoms with E-state index in [0.717, 1.165) is 0 Å². The zero-order valence-corrected chi connectivity index (χ0v) is 23.2. The van der Waals surface area contributed by atoms with Crippen LogP contribution in [0, 0.1) is 11.3 Å². The van der Waals surface area contributed by atoms with Gasteiger partial charge in [0, 0.05) is 18.6 Å². The number of ether oxygens (including phenoxy) is 1. The zero-order valence-electron chi connectivity index (χ0n) is 23.2. The van der Waals surface area contributed by atoms with Crippen molar-refractivity contribution in [2.24, 2.45) is 0 Å². The lowest BCUT2D eigenvalue weighted by Gasteiger charge is -2.23. The summed E-state index contributed by atoms with van der Waals surface area (Å²) in [4.78, 5) is 37.4. The molecule has 11 heteroatoms. The number of nitrogens with zero attached hydrogens (tertiary/aromatic N) is 6. The van der Waals surface area contributed by atoms with Crippen LogP contribution in [0.5, 0.6) is 11.5 Å². The van der Waals surface area contributed by atoms with E-state index in [4.69, 9.17) is 10.5 Å². The van der Waals surface area contributed by atoms with Crippen molar-refractivity contribution in [3.05, 3.63) is 83.1 Å². The number of benzene rings is 2. The Morgan fingerprint density at radius 3 is 2.56 bits per heavy atom. The third-order valence-electron chi connectivity index (χ3n) is 7.06. The van der Waals surface area contributed by atoms with Crippen molar-refractivity contribution in [3.63, 3.8) is 0 Å². The molecule has 0 aliphatic carbocycles. The summed E-state index contributed by atoms with van der Waals surface area (Å²) in [5.41, 5.74) is 6.82. The fourth-order valence-electron chi connectivity index (χ4n) is 5.24. The largest absolute Gasteiger partial charge is 0.457 e. The van der Waals surface area contributed by atoms with Gasteiger partial charge in [0.2, 0.25) is 0 Å². The van der Waals surface area contributed by atoms with Crippen molar-refractivity contribution in [2.45, 2.75) is 38.8 Å². The van der Waals surface area contributed by atoms with Crippen LogP contribution in [0.3, 0.4) is 0 Å². The van der Waals surface area contributed by atoms with E-state index in [1.54, 1.807) is 39.8 Å². The van der Waals surface area contributed by atoms with Crippen molar-refractivity contribution < 1.29 is 9.53 Å². The third-order valence-corrected chi connectivity index (χ3v) is 7.06. The second-order valence-corrected chi connectivity index (χ2v) is 10.4. The second kappa shape index (κ2) is 11.3. The summed E-state index contributed by atoms with van der Waals surface area (Å²) in [6.07, 6.45) is 3.50. The molecule has 1 aliphatic heterocycles. The number of likely N-dealkylation sites (N-methyl/N-ethyl adjacent to an activating group) is 1. The van der Waals surface area contributed by atoms with E-state index in [1.165, 1.54) is 10.9 Å². The SMILES string of the molecule is CCNC(C)(C)/C=C(/C#N)C(=O)N1CC[C@H](n2c(=O)n(-c3ccc(Oc4ccccc4)cc3)c3c(N)ncnc32)C1. The number of nitriles is 1. The highest BCUT2D eigenvalue weighted by Crippen LogP contribution is 2.29. The second-order valence-electron chi connectivity index (χ2n) is 10.4. The third kappa shape index (κ3) is 5.55. The average Bonchev–Trinajstić information content (AvgIpc) is 3.55. The van der Waals surface area contributed by atoms with Gasteiger partial charge in [0.15, 0.2) is 11.5 Å². The number of anilines is 1. The molecule has 2 aromatic heterocycles. The molecule has 1 atom stereocenters. The van der Waals surface area contributed by atoms with Gasteiger partial charge in [-0.1, -0.05) is 25.1 Å². The van der Waals surface area contributed by atoms with E-state index < -0.39 is 5.54 Å². The van der Waals surface area contributed by atoms with Gasteiger partial charge in [0.25, 0.3) is 5.91 Å². The lowest BCUT2D eigenvalue weighted by atomic mass is 10.0. The molecule has 1 amide bonds. The van der Waals surface area contributed by atoms with Gasteiger partial charge in [0.05, 0.1) is 11.7 Å². The topological polar surface area (TPSA) is 144 Å². The van der Waals surface area contributed by atoms with E-state index >= 15 is 0 Å². The molecule has 0 bridgehead atoms. The number of rotatable bonds is 8. The number of amides is 1. The summed E-state index contributed by atoms with van der Waals surface area (Å²) in [6.45, 7) is 7.13. The van der Waals surface area contributed by atoms with Gasteiger partial charge in [-0.3, -0.25) is 13.9 Å². The highest BCUT2D eigenvalue weighted by atomic mass is 16.5. The summed E-state index contributed by atoms with van der Waals surface area (Å²) in [6, 6.07) is 18.2. The molecule has 0 saturated carbocycles. The van der Waals surface area contributed by atoms with Crippen LogP contribution in [0.25, 0.3) is 16.9 Å². The first-order chi connectivity index (χ1) is 19.7. The maximum absolute atomic E-state index is 13.9. The van der Waals surface area contributed by atoms with Crippen LogP contribution in [0.15, 0.2) is 77.4 Å². The standard InChI is InChI=1S/C30H32N8O3/c1-4-35-30(2,3)16-20(17-31)28(39)36-15-14-22(18-36)38-27-25(26(32)33-19-34-27)37(29(38)40)21-10-12-24(13-11-21)41-23-8-6-5-7-9-23/h5-13,16,19,22,35H,4,14-15,18H2,1-3H3,(H2,32,33,34)/b20-16-/t22-/m0/s1. The predicted octanol–water partition coefficient (Wildman–Crippen LogP) is 3.57. The maximum atomic E-state index is 13.9. The van der Waals surface area contributed by atoms with Crippen molar-refractivity contribution in [2.75, 3.05) is 25.4 Å². The number of likely N-dealkylation sites (tertiary alicyclic amines) is 1. The molecule has 210 valence electrons. The summed E-state index contributed by atoms with van der Waals surface area (Å²) >= 11 is 0. The minimum atomic E-state index is -0.519. The molecule has 1 fully saturated rings. The number of para-hydroxylation sites is 1. The zero-order chi connectivity index (χ0) is 29.1. The van der Waals surface area contributed by atoms with Gasteiger partial charge < -0.3 is 20.7 Å². The molecule has 41 heavy (non-hydrogen) atoms. The molecule has 11 nitrogen and oxygen atoms in total. The Bertz CT molecular complexity index is 1700. The number of nitrogens with one attached hydrogen (secondary N) is 1. The lowest BCUT2D eigenvalue weighted by molar-refractivity contribution is -0.125. The summed E-state index contributed by atoms with van der Waals surface area (Å²) in [5.74, 6) is 1.12. The van der Waals surface area contributed by atoms with Crippen molar-refractivity contribution in [1.82, 2.24) is 29.3 Å². The van der Waals surface area contributed by atoms with Gasteiger partial charge >= 0.3 is 5.69 Å². The molecule has 0 radical (unpaired) electrons. The van der Waals surface area contributed by atoms with Crippen LogP contribution in [-0.2, 0) is 4.79 Å².